The van der Waals surface area contributed by atoms with E-state index in [0.29, 0.717) is 19.4 Å². The van der Waals surface area contributed by atoms with Crippen LogP contribution in [0.4, 0.5) is 0 Å². The monoisotopic (exact) mass is 649 g/mol. The molecule has 0 aromatic heterocycles. The Bertz CT molecular complexity index is 1380. The number of benzene rings is 1. The first-order chi connectivity index (χ1) is 22.5. The van der Waals surface area contributed by atoms with Gasteiger partial charge in [0, 0.05) is 26.1 Å². The second-order valence-corrected chi connectivity index (χ2v) is 14.1. The first-order valence-electron chi connectivity index (χ1n) is 17.2. The molecule has 47 heavy (non-hydrogen) atoms. The number of rotatable bonds is 8. The lowest BCUT2D eigenvalue weighted by Gasteiger charge is -2.40. The van der Waals surface area contributed by atoms with Crippen molar-refractivity contribution in [3.63, 3.8) is 0 Å². The summed E-state index contributed by atoms with van der Waals surface area (Å²) in [6.45, 7) is 9.91. The minimum atomic E-state index is -1.38. The molecular weight excluding hydrogens is 598 g/mol. The summed E-state index contributed by atoms with van der Waals surface area (Å²) in [6, 6.07) is 6.96. The lowest BCUT2D eigenvalue weighted by molar-refractivity contribution is -0.164. The van der Waals surface area contributed by atoms with Crippen LogP contribution in [0.2, 0.25) is 0 Å². The molecular formula is C37H51N3O7. The van der Waals surface area contributed by atoms with Crippen molar-refractivity contribution in [2.75, 3.05) is 20.2 Å². The van der Waals surface area contributed by atoms with Gasteiger partial charge in [-0.15, -0.1) is 0 Å². The highest BCUT2D eigenvalue weighted by molar-refractivity contribution is 5.99. The van der Waals surface area contributed by atoms with E-state index in [2.05, 4.69) is 6.92 Å². The summed E-state index contributed by atoms with van der Waals surface area (Å²) in [5.74, 6) is -3.22. The third-order valence-electron chi connectivity index (χ3n) is 10.5. The molecule has 3 amide bonds. The number of carbonyl (C=O) groups excluding carboxylic acids is 4. The number of allylic oxidation sites excluding steroid dienone is 1. The molecule has 4 aliphatic heterocycles. The van der Waals surface area contributed by atoms with Crippen LogP contribution in [0.25, 0.3) is 0 Å². The number of aliphatic hydroxyl groups is 1. The maximum atomic E-state index is 14.9. The number of carbonyl (C=O) groups is 4. The zero-order valence-electron chi connectivity index (χ0n) is 28.6. The fraction of sp³-hybridized carbons (Fsp3) is 0.622. The Labute approximate surface area is 278 Å². The molecule has 5 rings (SSSR count). The van der Waals surface area contributed by atoms with Crippen molar-refractivity contribution in [3.05, 3.63) is 60.2 Å². The Morgan fingerprint density at radius 2 is 1.77 bits per heavy atom. The third-order valence-corrected chi connectivity index (χ3v) is 10.5. The first-order valence-corrected chi connectivity index (χ1v) is 17.2. The van der Waals surface area contributed by atoms with Crippen LogP contribution in [0, 0.1) is 17.8 Å². The summed E-state index contributed by atoms with van der Waals surface area (Å²) in [4.78, 5) is 62.1. The summed E-state index contributed by atoms with van der Waals surface area (Å²) >= 11 is 0. The van der Waals surface area contributed by atoms with Gasteiger partial charge in [0.2, 0.25) is 17.7 Å². The highest BCUT2D eigenvalue weighted by Crippen LogP contribution is 2.56. The van der Waals surface area contributed by atoms with E-state index in [1.807, 2.05) is 70.2 Å². The lowest BCUT2D eigenvalue weighted by Crippen LogP contribution is -2.60. The van der Waals surface area contributed by atoms with Crippen LogP contribution >= 0.6 is 0 Å². The molecule has 5 bridgehead atoms. The van der Waals surface area contributed by atoms with E-state index in [9.17, 15) is 24.3 Å². The van der Waals surface area contributed by atoms with Gasteiger partial charge in [0.25, 0.3) is 0 Å². The molecule has 0 aliphatic carbocycles. The van der Waals surface area contributed by atoms with Crippen molar-refractivity contribution in [2.24, 2.45) is 17.8 Å². The van der Waals surface area contributed by atoms with Crippen molar-refractivity contribution >= 4 is 23.7 Å². The normalized spacial score (nSPS) is 33.4. The van der Waals surface area contributed by atoms with Crippen molar-refractivity contribution in [1.82, 2.24) is 14.7 Å². The highest BCUT2D eigenvalue weighted by Gasteiger charge is 2.74. The summed E-state index contributed by atoms with van der Waals surface area (Å²) in [5.41, 5.74) is -0.652. The molecule has 10 nitrogen and oxygen atoms in total. The highest BCUT2D eigenvalue weighted by atomic mass is 16.6. The van der Waals surface area contributed by atoms with E-state index in [4.69, 9.17) is 9.47 Å². The predicted octanol–water partition coefficient (Wildman–Crippen LogP) is 4.04. The van der Waals surface area contributed by atoms with E-state index in [1.165, 1.54) is 4.90 Å². The number of amides is 3. The molecule has 0 radical (unpaired) electrons. The standard InChI is InChI=1S/C37H51N3O7/c1-7-14-24(4)39-20-13-9-12-17-29(42)38(6)25(5)32(26-15-10-8-11-16-26)46-36(45)30-28-18-19-37(47-28)31(30)34(43)40(33(37)35(39)44)27(22-41)21-23(2)3/h8-11,13,15-16,18-19,23-25,27-28,30-33,41H,7,12,14,17,20-22H2,1-6H3/b13-9-/t24?,25-,27+,28+,30-,31-,32+,33+,37-/m0/s1. The van der Waals surface area contributed by atoms with Gasteiger partial charge < -0.3 is 29.3 Å². The number of ether oxygens (including phenoxy) is 2. The molecule has 10 heteroatoms. The molecule has 0 saturated carbocycles. The average molecular weight is 650 g/mol. The fourth-order valence-corrected chi connectivity index (χ4v) is 8.00. The minimum Gasteiger partial charge on any atom is -0.455 e. The lowest BCUT2D eigenvalue weighted by atomic mass is 9.74. The molecule has 1 aromatic rings. The van der Waals surface area contributed by atoms with Crippen LogP contribution in [0.15, 0.2) is 54.6 Å². The van der Waals surface area contributed by atoms with Crippen LogP contribution in [-0.2, 0) is 28.7 Å². The Hall–Kier alpha value is -3.50. The second-order valence-electron chi connectivity index (χ2n) is 14.1. The quantitative estimate of drug-likeness (QED) is 0.334. The van der Waals surface area contributed by atoms with E-state index < -0.39 is 53.7 Å². The zero-order chi connectivity index (χ0) is 34.0. The van der Waals surface area contributed by atoms with Crippen LogP contribution in [-0.4, -0.2) is 99.6 Å². The zero-order valence-corrected chi connectivity index (χ0v) is 28.6. The number of likely N-dealkylation sites (N-methyl/N-ethyl adjacent to an activating group) is 1. The second kappa shape index (κ2) is 14.3. The summed E-state index contributed by atoms with van der Waals surface area (Å²) in [5, 5.41) is 10.6. The summed E-state index contributed by atoms with van der Waals surface area (Å²) in [7, 11) is 1.71. The van der Waals surface area contributed by atoms with Crippen molar-refractivity contribution < 1.29 is 33.8 Å². The van der Waals surface area contributed by atoms with Gasteiger partial charge in [0.1, 0.15) is 23.7 Å². The third kappa shape index (κ3) is 6.38. The van der Waals surface area contributed by atoms with Gasteiger partial charge in [-0.25, -0.2) is 0 Å². The van der Waals surface area contributed by atoms with E-state index >= 15 is 0 Å². The Balaban J connectivity index is 1.64. The molecule has 1 spiro atoms. The number of hydrogen-bond acceptors (Lipinski definition) is 7. The van der Waals surface area contributed by atoms with Gasteiger partial charge >= 0.3 is 5.97 Å². The average Bonchev–Trinajstić information content (AvgIpc) is 3.70. The Morgan fingerprint density at radius 1 is 1.04 bits per heavy atom. The van der Waals surface area contributed by atoms with Crippen molar-refractivity contribution in [3.8, 4) is 0 Å². The predicted molar refractivity (Wildman–Crippen MR) is 177 cm³/mol. The number of esters is 1. The molecule has 4 aliphatic rings. The molecule has 4 heterocycles. The Kier molecular flexibility index (Phi) is 10.6. The van der Waals surface area contributed by atoms with Gasteiger partial charge in [0.05, 0.1) is 30.7 Å². The SMILES string of the molecule is CCCC(C)N1C/C=C\CCC(=O)N(C)[C@@H](C)[C@H](c2ccccc2)OC(=O)[C@@H]2[C@H]3C(=O)N([C@@H](CO)CC(C)C)[C@H](C1=O)[C@]31C=C[C@H]2O1. The topological polar surface area (TPSA) is 117 Å². The number of cyclic esters (lactones) is 1. The van der Waals surface area contributed by atoms with Gasteiger partial charge in [-0.2, -0.15) is 0 Å². The summed E-state index contributed by atoms with van der Waals surface area (Å²) in [6.07, 6.45) is 8.69. The van der Waals surface area contributed by atoms with Crippen molar-refractivity contribution in [2.45, 2.75) is 109 Å². The molecule has 1 N–H and O–H groups in total. The maximum absolute atomic E-state index is 14.9. The molecule has 1 aromatic carbocycles. The van der Waals surface area contributed by atoms with Gasteiger partial charge in [-0.05, 0) is 44.6 Å². The number of hydrogen-bond donors (Lipinski definition) is 1. The number of nitrogens with zero attached hydrogens (tertiary/aromatic N) is 3. The minimum absolute atomic E-state index is 0.0917. The molecule has 9 atom stereocenters. The Morgan fingerprint density at radius 3 is 2.43 bits per heavy atom. The van der Waals surface area contributed by atoms with Gasteiger partial charge in [-0.1, -0.05) is 81.8 Å². The fourth-order valence-electron chi connectivity index (χ4n) is 8.00. The van der Waals surface area contributed by atoms with Crippen molar-refractivity contribution in [1.29, 1.82) is 0 Å². The number of aliphatic hydroxyl groups excluding tert-OH is 1. The molecule has 2 fully saturated rings. The largest absolute Gasteiger partial charge is 0.455 e. The van der Waals surface area contributed by atoms with E-state index in [-0.39, 0.29) is 42.7 Å². The summed E-state index contributed by atoms with van der Waals surface area (Å²) < 4.78 is 12.9. The molecule has 256 valence electrons. The van der Waals surface area contributed by atoms with E-state index in [0.717, 1.165) is 18.4 Å². The van der Waals surface area contributed by atoms with Gasteiger partial charge in [0.15, 0.2) is 0 Å². The maximum Gasteiger partial charge on any atom is 0.313 e. The number of fused-ring (bicyclic) bond motifs is 2. The van der Waals surface area contributed by atoms with Crippen LogP contribution in [0.3, 0.4) is 0 Å². The van der Waals surface area contributed by atoms with Crippen LogP contribution in [0.1, 0.15) is 78.4 Å². The molecule has 1 unspecified atom stereocenters. The number of likely N-dealkylation sites (tertiary alicyclic amines) is 1. The van der Waals surface area contributed by atoms with Crippen LogP contribution < -0.4 is 0 Å². The van der Waals surface area contributed by atoms with Crippen LogP contribution in [0.5, 0.6) is 0 Å². The first kappa shape index (κ1) is 34.8. The molecule has 2 saturated heterocycles. The van der Waals surface area contributed by atoms with Gasteiger partial charge in [-0.3, -0.25) is 19.2 Å². The van der Waals surface area contributed by atoms with E-state index in [1.54, 1.807) is 29.0 Å². The smallest absolute Gasteiger partial charge is 0.313 e.